The second kappa shape index (κ2) is 4.82. The minimum atomic E-state index is 0.365. The van der Waals surface area contributed by atoms with Crippen molar-refractivity contribution >= 4 is 5.69 Å². The summed E-state index contributed by atoms with van der Waals surface area (Å²) < 4.78 is 5.56. The fourth-order valence-corrected chi connectivity index (χ4v) is 2.48. The van der Waals surface area contributed by atoms with Crippen molar-refractivity contribution in [2.45, 2.75) is 33.2 Å². The van der Waals surface area contributed by atoms with Crippen molar-refractivity contribution < 1.29 is 4.74 Å². The molecule has 1 N–H and O–H groups in total. The van der Waals surface area contributed by atoms with E-state index in [1.165, 1.54) is 16.8 Å². The number of hydrogen-bond acceptors (Lipinski definition) is 2. The summed E-state index contributed by atoms with van der Waals surface area (Å²) in [6.45, 7) is 11.1. The SMILES string of the molecule is C=C(OCC)C1Cc2cc(C)ccc2NC1C. The lowest BCUT2D eigenvalue weighted by atomic mass is 9.86. The zero-order chi connectivity index (χ0) is 12.4. The smallest absolute Gasteiger partial charge is 0.0942 e. The van der Waals surface area contributed by atoms with E-state index in [2.05, 4.69) is 43.9 Å². The van der Waals surface area contributed by atoms with Crippen molar-refractivity contribution in [2.75, 3.05) is 11.9 Å². The van der Waals surface area contributed by atoms with Crippen molar-refractivity contribution in [3.05, 3.63) is 41.7 Å². The quantitative estimate of drug-likeness (QED) is 0.804. The molecule has 0 bridgehead atoms. The Balaban J connectivity index is 2.22. The minimum Gasteiger partial charge on any atom is -0.498 e. The highest BCUT2D eigenvalue weighted by Gasteiger charge is 2.27. The summed E-state index contributed by atoms with van der Waals surface area (Å²) in [6.07, 6.45) is 1.02. The van der Waals surface area contributed by atoms with Crippen molar-refractivity contribution in [1.82, 2.24) is 0 Å². The highest BCUT2D eigenvalue weighted by molar-refractivity contribution is 5.56. The van der Waals surface area contributed by atoms with Gasteiger partial charge >= 0.3 is 0 Å². The monoisotopic (exact) mass is 231 g/mol. The second-order valence-electron chi connectivity index (χ2n) is 4.80. The summed E-state index contributed by atoms with van der Waals surface area (Å²) in [5, 5.41) is 3.54. The third-order valence-electron chi connectivity index (χ3n) is 3.43. The van der Waals surface area contributed by atoms with Gasteiger partial charge in [0.15, 0.2) is 0 Å². The number of rotatable bonds is 3. The Morgan fingerprint density at radius 1 is 1.53 bits per heavy atom. The summed E-state index contributed by atoms with van der Waals surface area (Å²) in [5.41, 5.74) is 3.93. The first-order chi connectivity index (χ1) is 8.11. The van der Waals surface area contributed by atoms with Crippen LogP contribution in [0.2, 0.25) is 0 Å². The lowest BCUT2D eigenvalue weighted by Gasteiger charge is -2.33. The predicted octanol–water partition coefficient (Wildman–Crippen LogP) is 3.52. The molecule has 1 aromatic rings. The topological polar surface area (TPSA) is 21.3 Å². The van der Waals surface area contributed by atoms with Gasteiger partial charge in [-0.1, -0.05) is 24.3 Å². The van der Waals surface area contributed by atoms with Gasteiger partial charge in [-0.05, 0) is 38.8 Å². The molecule has 0 aromatic heterocycles. The molecule has 92 valence electrons. The zero-order valence-corrected chi connectivity index (χ0v) is 10.9. The van der Waals surface area contributed by atoms with Crippen LogP contribution in [0.15, 0.2) is 30.5 Å². The molecule has 0 saturated heterocycles. The number of anilines is 1. The van der Waals surface area contributed by atoms with E-state index in [9.17, 15) is 0 Å². The van der Waals surface area contributed by atoms with Crippen molar-refractivity contribution in [3.63, 3.8) is 0 Å². The Hall–Kier alpha value is -1.44. The molecule has 1 heterocycles. The van der Waals surface area contributed by atoms with Crippen LogP contribution in [0.5, 0.6) is 0 Å². The Bertz CT molecular complexity index is 425. The van der Waals surface area contributed by atoms with Crippen LogP contribution in [0.4, 0.5) is 5.69 Å². The standard InChI is InChI=1S/C15H21NO/c1-5-17-12(4)14-9-13-8-10(2)6-7-15(13)16-11(14)3/h6-8,11,14,16H,4-5,9H2,1-3H3. The average molecular weight is 231 g/mol. The van der Waals surface area contributed by atoms with Crippen molar-refractivity contribution in [2.24, 2.45) is 5.92 Å². The van der Waals surface area contributed by atoms with Crippen molar-refractivity contribution in [3.8, 4) is 0 Å². The largest absolute Gasteiger partial charge is 0.498 e. The molecule has 2 unspecified atom stereocenters. The summed E-state index contributed by atoms with van der Waals surface area (Å²) in [4.78, 5) is 0. The van der Waals surface area contributed by atoms with Gasteiger partial charge in [-0.3, -0.25) is 0 Å². The van der Waals surface area contributed by atoms with Crippen LogP contribution in [0, 0.1) is 12.8 Å². The van der Waals surface area contributed by atoms with E-state index in [0.29, 0.717) is 18.6 Å². The van der Waals surface area contributed by atoms with Crippen molar-refractivity contribution in [1.29, 1.82) is 0 Å². The lowest BCUT2D eigenvalue weighted by molar-refractivity contribution is 0.184. The Morgan fingerprint density at radius 2 is 2.29 bits per heavy atom. The van der Waals surface area contributed by atoms with E-state index in [0.717, 1.165) is 12.2 Å². The van der Waals surface area contributed by atoms with Gasteiger partial charge in [0.2, 0.25) is 0 Å². The fraction of sp³-hybridized carbons (Fsp3) is 0.467. The maximum Gasteiger partial charge on any atom is 0.0942 e. The Morgan fingerprint density at radius 3 is 3.00 bits per heavy atom. The number of aryl methyl sites for hydroxylation is 1. The van der Waals surface area contributed by atoms with E-state index >= 15 is 0 Å². The number of benzene rings is 1. The van der Waals surface area contributed by atoms with Gasteiger partial charge in [0.1, 0.15) is 0 Å². The Kier molecular flexibility index (Phi) is 3.41. The summed E-state index contributed by atoms with van der Waals surface area (Å²) in [6, 6.07) is 6.95. The number of nitrogens with one attached hydrogen (secondary N) is 1. The van der Waals surface area contributed by atoms with Gasteiger partial charge in [-0.25, -0.2) is 0 Å². The van der Waals surface area contributed by atoms with E-state index in [4.69, 9.17) is 4.74 Å². The lowest BCUT2D eigenvalue weighted by Crippen LogP contribution is -2.34. The molecular formula is C15H21NO. The fourth-order valence-electron chi connectivity index (χ4n) is 2.48. The molecule has 0 radical (unpaired) electrons. The molecule has 2 atom stereocenters. The van der Waals surface area contributed by atoms with Crippen LogP contribution in [0.25, 0.3) is 0 Å². The van der Waals surface area contributed by atoms with E-state index in [-0.39, 0.29) is 0 Å². The molecule has 2 rings (SSSR count). The molecule has 1 aliphatic heterocycles. The predicted molar refractivity (Wildman–Crippen MR) is 72.2 cm³/mol. The summed E-state index contributed by atoms with van der Waals surface area (Å²) >= 11 is 0. The maximum atomic E-state index is 5.56. The third-order valence-corrected chi connectivity index (χ3v) is 3.43. The summed E-state index contributed by atoms with van der Waals surface area (Å²) in [5.74, 6) is 1.27. The normalized spacial score (nSPS) is 22.5. The average Bonchev–Trinajstić information content (AvgIpc) is 2.29. The molecule has 0 fully saturated rings. The first-order valence-electron chi connectivity index (χ1n) is 6.29. The molecule has 1 aliphatic rings. The molecule has 0 amide bonds. The van der Waals surface area contributed by atoms with Gasteiger partial charge in [0.25, 0.3) is 0 Å². The molecule has 2 heteroatoms. The van der Waals surface area contributed by atoms with Crippen LogP contribution >= 0.6 is 0 Å². The molecule has 0 spiro atoms. The van der Waals surface area contributed by atoms with Crippen LogP contribution in [-0.2, 0) is 11.2 Å². The van der Waals surface area contributed by atoms with E-state index < -0.39 is 0 Å². The molecule has 0 aliphatic carbocycles. The van der Waals surface area contributed by atoms with Gasteiger partial charge in [0, 0.05) is 17.6 Å². The van der Waals surface area contributed by atoms with Gasteiger partial charge in [-0.15, -0.1) is 0 Å². The van der Waals surface area contributed by atoms with E-state index in [1.54, 1.807) is 0 Å². The number of fused-ring (bicyclic) bond motifs is 1. The van der Waals surface area contributed by atoms with Gasteiger partial charge in [-0.2, -0.15) is 0 Å². The van der Waals surface area contributed by atoms with Crippen LogP contribution in [0.3, 0.4) is 0 Å². The van der Waals surface area contributed by atoms with Gasteiger partial charge in [0.05, 0.1) is 12.4 Å². The number of hydrogen-bond donors (Lipinski definition) is 1. The van der Waals surface area contributed by atoms with Gasteiger partial charge < -0.3 is 10.1 Å². The first kappa shape index (κ1) is 12.0. The van der Waals surface area contributed by atoms with Crippen LogP contribution in [-0.4, -0.2) is 12.6 Å². The minimum absolute atomic E-state index is 0.365. The van der Waals surface area contributed by atoms with E-state index in [1.807, 2.05) is 6.92 Å². The zero-order valence-electron chi connectivity index (χ0n) is 10.9. The highest BCUT2D eigenvalue weighted by Crippen LogP contribution is 2.32. The maximum absolute atomic E-state index is 5.56. The van der Waals surface area contributed by atoms with Crippen LogP contribution in [0.1, 0.15) is 25.0 Å². The molecule has 2 nitrogen and oxygen atoms in total. The first-order valence-corrected chi connectivity index (χ1v) is 6.29. The molecular weight excluding hydrogens is 210 g/mol. The molecule has 17 heavy (non-hydrogen) atoms. The van der Waals surface area contributed by atoms with Crippen LogP contribution < -0.4 is 5.32 Å². The third kappa shape index (κ3) is 2.46. The number of ether oxygens (including phenoxy) is 1. The molecule has 0 saturated carbocycles. The highest BCUT2D eigenvalue weighted by atomic mass is 16.5. The Labute approximate surface area is 104 Å². The summed E-state index contributed by atoms with van der Waals surface area (Å²) in [7, 11) is 0. The molecule has 1 aromatic carbocycles. The second-order valence-corrected chi connectivity index (χ2v) is 4.80.